The molecule has 0 radical (unpaired) electrons. The number of halogens is 2. The van der Waals surface area contributed by atoms with Gasteiger partial charge >= 0.3 is 8.25 Å². The van der Waals surface area contributed by atoms with Crippen LogP contribution in [0, 0.1) is 22.7 Å². The molecule has 0 spiro atoms. The van der Waals surface area contributed by atoms with Gasteiger partial charge in [0.15, 0.2) is 0 Å². The lowest BCUT2D eigenvalue weighted by atomic mass is 10.9. The first-order chi connectivity index (χ1) is 5.60. The van der Waals surface area contributed by atoms with Crippen LogP contribution in [-0.4, -0.2) is 8.22 Å². The van der Waals surface area contributed by atoms with Crippen LogP contribution >= 0.6 is 53.4 Å². The zero-order chi connectivity index (χ0) is 9.56. The first kappa shape index (κ1) is 12.6. The van der Waals surface area contributed by atoms with Crippen molar-refractivity contribution in [3.05, 3.63) is 0 Å². The summed E-state index contributed by atoms with van der Waals surface area (Å²) in [7, 11) is -2.72. The lowest BCUT2D eigenvalue weighted by molar-refractivity contribution is 0.251. The standard InChI is InChI=1S/C4H3I2N2O3P/c5-3(1-7)10-12(9)11-4(6)2-8/h3-4,12H. The summed E-state index contributed by atoms with van der Waals surface area (Å²) in [6.07, 6.45) is 0. The molecule has 12 heavy (non-hydrogen) atoms. The second kappa shape index (κ2) is 7.04. The second-order valence-electron chi connectivity index (χ2n) is 1.38. The van der Waals surface area contributed by atoms with Gasteiger partial charge in [-0.3, -0.25) is 13.6 Å². The molecule has 0 saturated heterocycles. The van der Waals surface area contributed by atoms with Gasteiger partial charge in [-0.15, -0.1) is 0 Å². The summed E-state index contributed by atoms with van der Waals surface area (Å²) >= 11 is 3.31. The fraction of sp³-hybridized carbons (Fsp3) is 0.500. The third kappa shape index (κ3) is 6.14. The fourth-order valence-corrected chi connectivity index (χ4v) is 1.99. The van der Waals surface area contributed by atoms with Crippen molar-refractivity contribution in [2.75, 3.05) is 0 Å². The Morgan fingerprint density at radius 3 is 1.75 bits per heavy atom. The highest BCUT2D eigenvalue weighted by Gasteiger charge is 2.11. The van der Waals surface area contributed by atoms with Gasteiger partial charge in [0.2, 0.25) is 8.22 Å². The van der Waals surface area contributed by atoms with Crippen molar-refractivity contribution in [3.8, 4) is 12.1 Å². The molecule has 0 N–H and O–H groups in total. The third-order valence-electron chi connectivity index (χ3n) is 0.602. The number of rotatable bonds is 4. The summed E-state index contributed by atoms with van der Waals surface area (Å²) in [6, 6.07) is 3.42. The Hall–Kier alpha value is 0.590. The molecule has 0 aromatic heterocycles. The van der Waals surface area contributed by atoms with Crippen LogP contribution in [0.4, 0.5) is 0 Å². The van der Waals surface area contributed by atoms with E-state index in [0.717, 1.165) is 0 Å². The molecule has 5 nitrogen and oxygen atoms in total. The Labute approximate surface area is 97.2 Å². The molecule has 2 atom stereocenters. The van der Waals surface area contributed by atoms with Gasteiger partial charge in [-0.2, -0.15) is 10.5 Å². The van der Waals surface area contributed by atoms with E-state index < -0.39 is 16.5 Å². The Morgan fingerprint density at radius 1 is 1.17 bits per heavy atom. The molecule has 0 aromatic carbocycles. The highest BCUT2D eigenvalue weighted by molar-refractivity contribution is 14.1. The summed E-state index contributed by atoms with van der Waals surface area (Å²) in [4.78, 5) is 0. The largest absolute Gasteiger partial charge is 0.323 e. The Morgan fingerprint density at radius 2 is 1.50 bits per heavy atom. The molecule has 2 unspecified atom stereocenters. The Kier molecular flexibility index (Phi) is 7.38. The molecule has 0 fully saturated rings. The van der Waals surface area contributed by atoms with Crippen molar-refractivity contribution in [1.82, 2.24) is 0 Å². The van der Waals surface area contributed by atoms with Crippen molar-refractivity contribution in [2.45, 2.75) is 8.22 Å². The van der Waals surface area contributed by atoms with Crippen molar-refractivity contribution in [2.24, 2.45) is 0 Å². The zero-order valence-electron chi connectivity index (χ0n) is 5.53. The van der Waals surface area contributed by atoms with Gasteiger partial charge in [0.1, 0.15) is 12.1 Å². The smallest absolute Gasteiger partial charge is 0.281 e. The number of nitriles is 2. The van der Waals surface area contributed by atoms with Gasteiger partial charge < -0.3 is 0 Å². The molecule has 0 heterocycles. The average Bonchev–Trinajstić information content (AvgIpc) is 2.03. The van der Waals surface area contributed by atoms with Crippen LogP contribution in [0.5, 0.6) is 0 Å². The molecule has 0 aromatic rings. The first-order valence-electron chi connectivity index (χ1n) is 2.54. The molecule has 0 rings (SSSR count). The van der Waals surface area contributed by atoms with Crippen LogP contribution in [0.2, 0.25) is 0 Å². The normalized spacial score (nSPS) is 17.0. The number of alkyl halides is 2. The monoisotopic (exact) mass is 412 g/mol. The maximum absolute atomic E-state index is 10.8. The summed E-state index contributed by atoms with van der Waals surface area (Å²) in [6.45, 7) is 0. The minimum absolute atomic E-state index is 0.809. The predicted molar refractivity (Wildman–Crippen MR) is 58.0 cm³/mol. The average molecular weight is 412 g/mol. The molecule has 8 heteroatoms. The van der Waals surface area contributed by atoms with Crippen LogP contribution in [0.15, 0.2) is 0 Å². The maximum atomic E-state index is 10.8. The van der Waals surface area contributed by atoms with Crippen LogP contribution in [0.25, 0.3) is 0 Å². The zero-order valence-corrected chi connectivity index (χ0v) is 10.8. The van der Waals surface area contributed by atoms with E-state index in [1.807, 2.05) is 0 Å². The number of hydrogen-bond donors (Lipinski definition) is 0. The summed E-state index contributed by atoms with van der Waals surface area (Å²) in [5, 5.41) is 16.5. The van der Waals surface area contributed by atoms with E-state index in [4.69, 9.17) is 10.5 Å². The quantitative estimate of drug-likeness (QED) is 0.401. The van der Waals surface area contributed by atoms with Crippen molar-refractivity contribution >= 4 is 53.4 Å². The van der Waals surface area contributed by atoms with Crippen LogP contribution in [-0.2, 0) is 13.6 Å². The summed E-state index contributed by atoms with van der Waals surface area (Å²) in [5.41, 5.74) is 0. The molecule has 0 amide bonds. The minimum atomic E-state index is -2.72. The van der Waals surface area contributed by atoms with E-state index in [1.165, 1.54) is 0 Å². The van der Waals surface area contributed by atoms with Gasteiger partial charge in [0, 0.05) is 0 Å². The van der Waals surface area contributed by atoms with E-state index in [1.54, 1.807) is 57.3 Å². The van der Waals surface area contributed by atoms with Crippen LogP contribution in [0.3, 0.4) is 0 Å². The number of hydrogen-bond acceptors (Lipinski definition) is 5. The molecule has 0 aliphatic carbocycles. The first-order valence-corrected chi connectivity index (χ1v) is 6.26. The van der Waals surface area contributed by atoms with E-state index in [-0.39, 0.29) is 0 Å². The fourth-order valence-electron chi connectivity index (χ4n) is 0.249. The molecule has 0 saturated carbocycles. The lowest BCUT2D eigenvalue weighted by Gasteiger charge is -2.04. The highest BCUT2D eigenvalue weighted by atomic mass is 127. The highest BCUT2D eigenvalue weighted by Crippen LogP contribution is 2.31. The molecule has 0 aliphatic heterocycles. The van der Waals surface area contributed by atoms with Crippen molar-refractivity contribution in [1.29, 1.82) is 10.5 Å². The van der Waals surface area contributed by atoms with Crippen LogP contribution < -0.4 is 0 Å². The van der Waals surface area contributed by atoms with Gasteiger partial charge in [-0.1, -0.05) is 0 Å². The molecule has 66 valence electrons. The molecular formula is C4H3I2N2O3P. The van der Waals surface area contributed by atoms with Crippen molar-refractivity contribution in [3.63, 3.8) is 0 Å². The van der Waals surface area contributed by atoms with E-state index in [0.29, 0.717) is 0 Å². The third-order valence-corrected chi connectivity index (χ3v) is 3.48. The van der Waals surface area contributed by atoms with E-state index >= 15 is 0 Å². The summed E-state index contributed by atoms with van der Waals surface area (Å²) < 4.78 is 18.3. The minimum Gasteiger partial charge on any atom is -0.281 e. The Bertz CT molecular complexity index is 224. The van der Waals surface area contributed by atoms with Gasteiger partial charge in [-0.05, 0) is 45.2 Å². The van der Waals surface area contributed by atoms with E-state index in [2.05, 4.69) is 9.05 Å². The van der Waals surface area contributed by atoms with Gasteiger partial charge in [0.05, 0.1) is 0 Å². The topological polar surface area (TPSA) is 83.1 Å². The Balaban J connectivity index is 3.78. The van der Waals surface area contributed by atoms with Crippen molar-refractivity contribution < 1.29 is 13.6 Å². The van der Waals surface area contributed by atoms with Gasteiger partial charge in [-0.25, -0.2) is 0 Å². The molecular weight excluding hydrogens is 409 g/mol. The second-order valence-corrected chi connectivity index (χ2v) is 4.61. The maximum Gasteiger partial charge on any atom is 0.323 e. The van der Waals surface area contributed by atoms with Crippen LogP contribution in [0.1, 0.15) is 0 Å². The van der Waals surface area contributed by atoms with Gasteiger partial charge in [0.25, 0.3) is 0 Å². The molecule has 0 bridgehead atoms. The lowest BCUT2D eigenvalue weighted by Crippen LogP contribution is -1.98. The number of nitrogens with zero attached hydrogens (tertiary/aromatic N) is 2. The summed E-state index contributed by atoms with van der Waals surface area (Å²) in [5.74, 6) is 0. The predicted octanol–water partition coefficient (Wildman–Crippen LogP) is 1.98. The van der Waals surface area contributed by atoms with E-state index in [9.17, 15) is 4.57 Å². The SMILES string of the molecule is N#CC(I)O[PH](=O)OC(I)C#N. The molecule has 0 aliphatic rings.